The second kappa shape index (κ2) is 6.79. The summed E-state index contributed by atoms with van der Waals surface area (Å²) in [6.07, 6.45) is 4.15. The molecule has 0 amide bonds. The number of ether oxygens (including phenoxy) is 1. The Bertz CT molecular complexity index is 651. The molecular formula is C15H20ClN3O2S. The quantitative estimate of drug-likeness (QED) is 0.753. The predicted molar refractivity (Wildman–Crippen MR) is 87.4 cm³/mol. The molecular weight excluding hydrogens is 322 g/mol. The van der Waals surface area contributed by atoms with E-state index in [-0.39, 0.29) is 12.0 Å². The van der Waals surface area contributed by atoms with Crippen LogP contribution in [0.1, 0.15) is 44.4 Å². The number of aromatic nitrogens is 3. The zero-order valence-corrected chi connectivity index (χ0v) is 14.7. The maximum atomic E-state index is 12.0. The van der Waals surface area contributed by atoms with Crippen molar-refractivity contribution in [3.8, 4) is 0 Å². The number of nitrogens with zero attached hydrogens (tertiary/aromatic N) is 3. The van der Waals surface area contributed by atoms with Crippen LogP contribution in [-0.2, 0) is 21.4 Å². The molecule has 120 valence electrons. The second-order valence-corrected chi connectivity index (χ2v) is 7.04. The highest BCUT2D eigenvalue weighted by Crippen LogP contribution is 2.28. The summed E-state index contributed by atoms with van der Waals surface area (Å²) in [6, 6.07) is 0.150. The first-order chi connectivity index (χ1) is 10.3. The average Bonchev–Trinajstić information content (AvgIpc) is 3.08. The number of hydrogen-bond donors (Lipinski definition) is 0. The first kappa shape index (κ1) is 17.0. The van der Waals surface area contributed by atoms with Gasteiger partial charge in [-0.1, -0.05) is 11.6 Å². The Morgan fingerprint density at radius 1 is 1.55 bits per heavy atom. The predicted octanol–water partition coefficient (Wildman–Crippen LogP) is 3.64. The molecule has 0 aliphatic carbocycles. The Balaban J connectivity index is 2.09. The molecule has 0 N–H and O–H groups in total. The van der Waals surface area contributed by atoms with Crippen LogP contribution in [0, 0.1) is 0 Å². The Hall–Kier alpha value is -1.40. The van der Waals surface area contributed by atoms with Crippen molar-refractivity contribution in [2.24, 2.45) is 0 Å². The van der Waals surface area contributed by atoms with E-state index in [0.29, 0.717) is 11.6 Å². The van der Waals surface area contributed by atoms with E-state index in [1.54, 1.807) is 30.7 Å². The van der Waals surface area contributed by atoms with Crippen molar-refractivity contribution in [1.82, 2.24) is 14.8 Å². The van der Waals surface area contributed by atoms with Crippen LogP contribution in [0.2, 0.25) is 5.02 Å². The van der Waals surface area contributed by atoms with Crippen LogP contribution in [0.15, 0.2) is 17.8 Å². The molecule has 2 aromatic heterocycles. The molecule has 0 aliphatic rings. The molecule has 0 spiro atoms. The SMILES string of the molecule is CCOC(=O)C(C)(C)c1csc(CC(C)n2cc(Cl)cn2)n1. The number of hydrogen-bond acceptors (Lipinski definition) is 5. The molecule has 0 bridgehead atoms. The molecule has 2 rings (SSSR count). The second-order valence-electron chi connectivity index (χ2n) is 5.66. The molecule has 1 unspecified atom stereocenters. The van der Waals surface area contributed by atoms with E-state index in [1.165, 1.54) is 0 Å². The van der Waals surface area contributed by atoms with Gasteiger partial charge in [0, 0.05) is 18.0 Å². The molecule has 0 fully saturated rings. The van der Waals surface area contributed by atoms with Crippen molar-refractivity contribution in [1.29, 1.82) is 0 Å². The smallest absolute Gasteiger partial charge is 0.317 e. The van der Waals surface area contributed by atoms with E-state index >= 15 is 0 Å². The molecule has 0 saturated carbocycles. The van der Waals surface area contributed by atoms with Crippen LogP contribution >= 0.6 is 22.9 Å². The molecule has 0 saturated heterocycles. The lowest BCUT2D eigenvalue weighted by molar-refractivity contribution is -0.148. The Morgan fingerprint density at radius 2 is 2.27 bits per heavy atom. The lowest BCUT2D eigenvalue weighted by Crippen LogP contribution is -2.31. The molecule has 5 nitrogen and oxygen atoms in total. The van der Waals surface area contributed by atoms with Gasteiger partial charge in [-0.3, -0.25) is 9.48 Å². The number of halogens is 1. The zero-order chi connectivity index (χ0) is 16.3. The third-order valence-corrected chi connectivity index (χ3v) is 4.54. The third kappa shape index (κ3) is 3.67. The summed E-state index contributed by atoms with van der Waals surface area (Å²) in [5.74, 6) is -0.251. The lowest BCUT2D eigenvalue weighted by Gasteiger charge is -2.19. The summed E-state index contributed by atoms with van der Waals surface area (Å²) in [6.45, 7) is 7.90. The van der Waals surface area contributed by atoms with Crippen LogP contribution in [0.3, 0.4) is 0 Å². The minimum absolute atomic E-state index is 0.150. The van der Waals surface area contributed by atoms with Crippen LogP contribution < -0.4 is 0 Å². The van der Waals surface area contributed by atoms with Crippen molar-refractivity contribution >= 4 is 28.9 Å². The van der Waals surface area contributed by atoms with Gasteiger partial charge in [-0.05, 0) is 27.7 Å². The molecule has 1 atom stereocenters. The first-order valence-corrected chi connectivity index (χ1v) is 8.42. The van der Waals surface area contributed by atoms with Gasteiger partial charge in [-0.25, -0.2) is 4.98 Å². The minimum Gasteiger partial charge on any atom is -0.465 e. The van der Waals surface area contributed by atoms with Gasteiger partial charge in [-0.15, -0.1) is 11.3 Å². The normalized spacial score (nSPS) is 13.1. The van der Waals surface area contributed by atoms with Crippen molar-refractivity contribution in [3.05, 3.63) is 33.5 Å². The minimum atomic E-state index is -0.733. The topological polar surface area (TPSA) is 57.0 Å². The lowest BCUT2D eigenvalue weighted by atomic mass is 9.90. The van der Waals surface area contributed by atoms with Crippen LogP contribution in [0.25, 0.3) is 0 Å². The number of carbonyl (C=O) groups is 1. The molecule has 2 aromatic rings. The van der Waals surface area contributed by atoms with Crippen molar-refractivity contribution in [3.63, 3.8) is 0 Å². The average molecular weight is 342 g/mol. The van der Waals surface area contributed by atoms with Crippen LogP contribution in [-0.4, -0.2) is 27.3 Å². The van der Waals surface area contributed by atoms with Gasteiger partial charge in [0.15, 0.2) is 0 Å². The highest BCUT2D eigenvalue weighted by Gasteiger charge is 2.34. The number of carbonyl (C=O) groups excluding carboxylic acids is 1. The maximum Gasteiger partial charge on any atom is 0.317 e. The van der Waals surface area contributed by atoms with E-state index < -0.39 is 5.41 Å². The molecule has 0 radical (unpaired) electrons. The maximum absolute atomic E-state index is 12.0. The number of rotatable bonds is 6. The van der Waals surface area contributed by atoms with Gasteiger partial charge >= 0.3 is 5.97 Å². The molecule has 2 heterocycles. The first-order valence-electron chi connectivity index (χ1n) is 7.16. The van der Waals surface area contributed by atoms with Crippen molar-refractivity contribution in [2.45, 2.75) is 45.6 Å². The summed E-state index contributed by atoms with van der Waals surface area (Å²) in [5, 5.41) is 7.72. The molecule has 0 aliphatic heterocycles. The van der Waals surface area contributed by atoms with E-state index in [0.717, 1.165) is 17.1 Å². The van der Waals surface area contributed by atoms with Crippen molar-refractivity contribution < 1.29 is 9.53 Å². The van der Waals surface area contributed by atoms with E-state index in [1.807, 2.05) is 23.9 Å². The Labute approximate surface area is 139 Å². The van der Waals surface area contributed by atoms with Crippen LogP contribution in [0.4, 0.5) is 0 Å². The highest BCUT2D eigenvalue weighted by molar-refractivity contribution is 7.09. The fourth-order valence-electron chi connectivity index (χ4n) is 2.01. The Kier molecular flexibility index (Phi) is 5.24. The summed E-state index contributed by atoms with van der Waals surface area (Å²) < 4.78 is 6.94. The number of thiazole rings is 1. The fourth-order valence-corrected chi connectivity index (χ4v) is 3.24. The van der Waals surface area contributed by atoms with Gasteiger partial charge in [-0.2, -0.15) is 5.10 Å². The van der Waals surface area contributed by atoms with Gasteiger partial charge in [0.25, 0.3) is 0 Å². The molecule has 7 heteroatoms. The van der Waals surface area contributed by atoms with Crippen LogP contribution in [0.5, 0.6) is 0 Å². The van der Waals surface area contributed by atoms with Gasteiger partial charge in [0.1, 0.15) is 5.41 Å². The third-order valence-electron chi connectivity index (χ3n) is 3.47. The van der Waals surface area contributed by atoms with E-state index in [9.17, 15) is 4.79 Å². The molecule has 0 aromatic carbocycles. The zero-order valence-electron chi connectivity index (χ0n) is 13.2. The summed E-state index contributed by atoms with van der Waals surface area (Å²) in [7, 11) is 0. The highest BCUT2D eigenvalue weighted by atomic mass is 35.5. The van der Waals surface area contributed by atoms with E-state index in [4.69, 9.17) is 16.3 Å². The fraction of sp³-hybridized carbons (Fsp3) is 0.533. The summed E-state index contributed by atoms with van der Waals surface area (Å²) >= 11 is 7.44. The molecule has 22 heavy (non-hydrogen) atoms. The summed E-state index contributed by atoms with van der Waals surface area (Å²) in [5.41, 5.74) is 0.0138. The van der Waals surface area contributed by atoms with Gasteiger partial charge in [0.2, 0.25) is 0 Å². The summed E-state index contributed by atoms with van der Waals surface area (Å²) in [4.78, 5) is 16.6. The van der Waals surface area contributed by atoms with Gasteiger partial charge in [0.05, 0.1) is 34.6 Å². The van der Waals surface area contributed by atoms with Gasteiger partial charge < -0.3 is 4.74 Å². The monoisotopic (exact) mass is 341 g/mol. The number of esters is 1. The largest absolute Gasteiger partial charge is 0.465 e. The standard InChI is InChI=1S/C15H20ClN3O2S/c1-5-21-14(20)15(3,4)12-9-22-13(18-12)6-10(2)19-8-11(16)7-17-19/h7-10H,5-6H2,1-4H3. The Morgan fingerprint density at radius 3 is 2.86 bits per heavy atom. The van der Waals surface area contributed by atoms with Crippen molar-refractivity contribution in [2.75, 3.05) is 6.61 Å². The van der Waals surface area contributed by atoms with E-state index in [2.05, 4.69) is 17.0 Å².